The van der Waals surface area contributed by atoms with Crippen molar-refractivity contribution < 1.29 is 4.74 Å². The summed E-state index contributed by atoms with van der Waals surface area (Å²) < 4.78 is 5.25. The second-order valence-corrected chi connectivity index (χ2v) is 3.89. The summed E-state index contributed by atoms with van der Waals surface area (Å²) in [7, 11) is 0. The Labute approximate surface area is 95.0 Å². The quantitative estimate of drug-likeness (QED) is 0.730. The van der Waals surface area contributed by atoms with E-state index in [4.69, 9.17) is 27.9 Å². The first-order chi connectivity index (χ1) is 6.83. The van der Waals surface area contributed by atoms with E-state index in [-0.39, 0.29) is 0 Å². The van der Waals surface area contributed by atoms with E-state index in [0.29, 0.717) is 11.6 Å². The minimum atomic E-state index is 0.647. The van der Waals surface area contributed by atoms with E-state index in [2.05, 4.69) is 10.2 Å². The van der Waals surface area contributed by atoms with Crippen molar-refractivity contribution >= 4 is 23.2 Å². The number of morpholine rings is 1. The molecule has 3 nitrogen and oxygen atoms in total. The molecule has 1 aliphatic heterocycles. The predicted molar refractivity (Wildman–Crippen MR) is 59.9 cm³/mol. The highest BCUT2D eigenvalue weighted by molar-refractivity contribution is 6.36. The zero-order valence-electron chi connectivity index (χ0n) is 8.14. The molecule has 0 atom stereocenters. The fourth-order valence-electron chi connectivity index (χ4n) is 1.31. The predicted octanol–water partition coefficient (Wildman–Crippen LogP) is 1.23. The Morgan fingerprint density at radius 2 is 2.14 bits per heavy atom. The van der Waals surface area contributed by atoms with Crippen LogP contribution in [0.1, 0.15) is 0 Å². The Bertz CT molecular complexity index is 182. The molecule has 0 amide bonds. The molecule has 0 aromatic heterocycles. The molecule has 0 aromatic rings. The maximum atomic E-state index is 5.72. The van der Waals surface area contributed by atoms with Gasteiger partial charge in [-0.1, -0.05) is 23.2 Å². The van der Waals surface area contributed by atoms with Crippen LogP contribution in [0.3, 0.4) is 0 Å². The average molecular weight is 239 g/mol. The van der Waals surface area contributed by atoms with Gasteiger partial charge in [-0.2, -0.15) is 0 Å². The van der Waals surface area contributed by atoms with Crippen molar-refractivity contribution in [2.45, 2.75) is 0 Å². The molecule has 0 radical (unpaired) electrons. The first kappa shape index (κ1) is 12.3. The highest BCUT2D eigenvalue weighted by Crippen LogP contribution is 2.00. The fourth-order valence-corrected chi connectivity index (χ4v) is 1.48. The second kappa shape index (κ2) is 7.49. The van der Waals surface area contributed by atoms with E-state index in [1.54, 1.807) is 0 Å². The van der Waals surface area contributed by atoms with E-state index >= 15 is 0 Å². The molecule has 1 rings (SSSR count). The summed E-state index contributed by atoms with van der Waals surface area (Å²) in [5.41, 5.74) is 1.39. The smallest absolute Gasteiger partial charge is 0.0594 e. The molecule has 0 bridgehead atoms. The van der Waals surface area contributed by atoms with E-state index in [1.807, 2.05) is 0 Å². The molecule has 1 heterocycles. The topological polar surface area (TPSA) is 24.5 Å². The molecule has 1 saturated heterocycles. The van der Waals surface area contributed by atoms with Crippen LogP contribution in [0.25, 0.3) is 0 Å². The molecule has 0 aromatic carbocycles. The fraction of sp³-hybridized carbons (Fsp3) is 0.778. The molecule has 5 heteroatoms. The highest BCUT2D eigenvalue weighted by Gasteiger charge is 2.08. The largest absolute Gasteiger partial charge is 0.379 e. The van der Waals surface area contributed by atoms with Gasteiger partial charge in [0.05, 0.1) is 13.2 Å². The van der Waals surface area contributed by atoms with Crippen molar-refractivity contribution in [2.75, 3.05) is 45.9 Å². The van der Waals surface area contributed by atoms with Crippen LogP contribution in [-0.4, -0.2) is 50.8 Å². The summed E-state index contributed by atoms with van der Waals surface area (Å²) in [5.74, 6) is 0. The van der Waals surface area contributed by atoms with Crippen LogP contribution in [0.5, 0.6) is 0 Å². The number of hydrogen-bond donors (Lipinski definition) is 1. The third-order valence-electron chi connectivity index (χ3n) is 2.12. The van der Waals surface area contributed by atoms with Crippen molar-refractivity contribution in [2.24, 2.45) is 0 Å². The van der Waals surface area contributed by atoms with Crippen LogP contribution in [0.15, 0.2) is 10.6 Å². The molecule has 0 spiro atoms. The van der Waals surface area contributed by atoms with Crippen molar-refractivity contribution in [3.8, 4) is 0 Å². The van der Waals surface area contributed by atoms with E-state index in [9.17, 15) is 0 Å². The Morgan fingerprint density at radius 3 is 2.79 bits per heavy atom. The van der Waals surface area contributed by atoms with Crippen LogP contribution in [0.4, 0.5) is 0 Å². The minimum absolute atomic E-state index is 0.647. The average Bonchev–Trinajstić information content (AvgIpc) is 2.25. The van der Waals surface area contributed by atoms with Crippen LogP contribution in [0, 0.1) is 0 Å². The van der Waals surface area contributed by atoms with Crippen LogP contribution < -0.4 is 5.32 Å². The van der Waals surface area contributed by atoms with Crippen molar-refractivity contribution in [3.63, 3.8) is 0 Å². The van der Waals surface area contributed by atoms with E-state index in [1.165, 1.54) is 5.54 Å². The first-order valence-electron chi connectivity index (χ1n) is 4.78. The van der Waals surface area contributed by atoms with Crippen molar-refractivity contribution in [3.05, 3.63) is 10.6 Å². The van der Waals surface area contributed by atoms with Crippen LogP contribution >= 0.6 is 23.2 Å². The Balaban J connectivity index is 1.97. The molecule has 14 heavy (non-hydrogen) atoms. The summed E-state index contributed by atoms with van der Waals surface area (Å²) >= 11 is 11.1. The van der Waals surface area contributed by atoms with E-state index < -0.39 is 0 Å². The lowest BCUT2D eigenvalue weighted by molar-refractivity contribution is 0.0385. The monoisotopic (exact) mass is 238 g/mol. The zero-order chi connectivity index (χ0) is 10.2. The lowest BCUT2D eigenvalue weighted by Gasteiger charge is -2.26. The van der Waals surface area contributed by atoms with Crippen LogP contribution in [-0.2, 0) is 4.74 Å². The number of ether oxygens (including phenoxy) is 1. The van der Waals surface area contributed by atoms with Gasteiger partial charge in [-0.25, -0.2) is 0 Å². The molecule has 82 valence electrons. The second-order valence-electron chi connectivity index (χ2n) is 3.19. The summed E-state index contributed by atoms with van der Waals surface area (Å²) in [6.45, 7) is 6.37. The third-order valence-corrected chi connectivity index (χ3v) is 2.74. The first-order valence-corrected chi connectivity index (χ1v) is 5.60. The normalized spacial score (nSPS) is 20.0. The summed E-state index contributed by atoms with van der Waals surface area (Å²) in [4.78, 5) is 2.37. The summed E-state index contributed by atoms with van der Waals surface area (Å²) in [6, 6.07) is 0. The number of halogens is 2. The standard InChI is InChI=1S/C9H16Cl2N2O/c10-7-9(11)8-12-1-2-13-3-5-14-6-4-13/h7,12H,1-6,8H2. The lowest BCUT2D eigenvalue weighted by atomic mass is 10.4. The van der Waals surface area contributed by atoms with Crippen molar-refractivity contribution in [1.82, 2.24) is 10.2 Å². The van der Waals surface area contributed by atoms with Gasteiger partial charge in [0.2, 0.25) is 0 Å². The molecule has 0 saturated carbocycles. The van der Waals surface area contributed by atoms with Gasteiger partial charge in [-0.3, -0.25) is 4.90 Å². The lowest BCUT2D eigenvalue weighted by Crippen LogP contribution is -2.40. The van der Waals surface area contributed by atoms with Gasteiger partial charge < -0.3 is 10.1 Å². The third kappa shape index (κ3) is 5.17. The number of rotatable bonds is 5. The van der Waals surface area contributed by atoms with Gasteiger partial charge in [0.15, 0.2) is 0 Å². The molecular formula is C9H16Cl2N2O. The van der Waals surface area contributed by atoms with Gasteiger partial charge in [-0.05, 0) is 0 Å². The Kier molecular flexibility index (Phi) is 6.56. The maximum Gasteiger partial charge on any atom is 0.0594 e. The highest BCUT2D eigenvalue weighted by atomic mass is 35.5. The zero-order valence-corrected chi connectivity index (χ0v) is 9.65. The van der Waals surface area contributed by atoms with Gasteiger partial charge in [-0.15, -0.1) is 0 Å². The molecule has 1 fully saturated rings. The van der Waals surface area contributed by atoms with Crippen LogP contribution in [0.2, 0.25) is 0 Å². The summed E-state index contributed by atoms with van der Waals surface area (Å²) in [5, 5.41) is 3.86. The molecular weight excluding hydrogens is 223 g/mol. The summed E-state index contributed by atoms with van der Waals surface area (Å²) in [6.07, 6.45) is 0. The van der Waals surface area contributed by atoms with Gasteiger partial charge in [0.25, 0.3) is 0 Å². The molecule has 0 aliphatic carbocycles. The number of nitrogens with zero attached hydrogens (tertiary/aromatic N) is 1. The number of hydrogen-bond acceptors (Lipinski definition) is 3. The Hall–Kier alpha value is 0.200. The molecule has 1 aliphatic rings. The van der Waals surface area contributed by atoms with Crippen molar-refractivity contribution in [1.29, 1.82) is 0 Å². The maximum absolute atomic E-state index is 5.72. The SMILES string of the molecule is ClC=C(Cl)CNCCN1CCOCC1. The Morgan fingerprint density at radius 1 is 1.43 bits per heavy atom. The molecule has 1 N–H and O–H groups in total. The van der Waals surface area contributed by atoms with E-state index in [0.717, 1.165) is 39.4 Å². The number of nitrogens with one attached hydrogen (secondary N) is 1. The minimum Gasteiger partial charge on any atom is -0.379 e. The van der Waals surface area contributed by atoms with Gasteiger partial charge in [0.1, 0.15) is 0 Å². The van der Waals surface area contributed by atoms with Gasteiger partial charge in [0, 0.05) is 43.3 Å². The molecule has 0 unspecified atom stereocenters. The van der Waals surface area contributed by atoms with Gasteiger partial charge >= 0.3 is 0 Å².